The van der Waals surface area contributed by atoms with Gasteiger partial charge in [-0.2, -0.15) is 0 Å². The third-order valence-corrected chi connectivity index (χ3v) is 3.09. The zero-order valence-electron chi connectivity index (χ0n) is 9.48. The lowest BCUT2D eigenvalue weighted by molar-refractivity contribution is -0.127. The van der Waals surface area contributed by atoms with Crippen molar-refractivity contribution in [3.63, 3.8) is 0 Å². The standard InChI is InChI=1S/C12H18N2O2/c15-11-9-12(16)14(10-11)8-4-3-7-13-5-1-2-6-13/h11,15H,1-2,5-10H2. The van der Waals surface area contributed by atoms with Crippen LogP contribution in [0.3, 0.4) is 0 Å². The van der Waals surface area contributed by atoms with Gasteiger partial charge in [-0.25, -0.2) is 0 Å². The summed E-state index contributed by atoms with van der Waals surface area (Å²) < 4.78 is 0. The van der Waals surface area contributed by atoms with E-state index in [1.165, 1.54) is 12.8 Å². The first-order valence-corrected chi connectivity index (χ1v) is 5.89. The number of carbonyl (C=O) groups excluding carboxylic acids is 1. The lowest BCUT2D eigenvalue weighted by Crippen LogP contribution is -2.26. The largest absolute Gasteiger partial charge is 0.391 e. The van der Waals surface area contributed by atoms with E-state index in [1.807, 2.05) is 0 Å². The van der Waals surface area contributed by atoms with Crippen molar-refractivity contribution in [3.8, 4) is 11.8 Å². The molecule has 0 aromatic heterocycles. The first-order chi connectivity index (χ1) is 7.75. The van der Waals surface area contributed by atoms with E-state index in [4.69, 9.17) is 0 Å². The number of amides is 1. The van der Waals surface area contributed by atoms with E-state index < -0.39 is 6.10 Å². The molecule has 2 rings (SSSR count). The van der Waals surface area contributed by atoms with Crippen LogP contribution in [0.2, 0.25) is 0 Å². The minimum atomic E-state index is -0.493. The molecule has 0 radical (unpaired) electrons. The van der Waals surface area contributed by atoms with Crippen LogP contribution in [0.1, 0.15) is 19.3 Å². The van der Waals surface area contributed by atoms with Gasteiger partial charge in [-0.15, -0.1) is 0 Å². The lowest BCUT2D eigenvalue weighted by Gasteiger charge is -2.11. The summed E-state index contributed by atoms with van der Waals surface area (Å²) in [5, 5.41) is 9.28. The summed E-state index contributed by atoms with van der Waals surface area (Å²) in [5.74, 6) is 6.11. The molecule has 0 bridgehead atoms. The molecule has 2 saturated heterocycles. The van der Waals surface area contributed by atoms with Gasteiger partial charge in [0.15, 0.2) is 0 Å². The minimum Gasteiger partial charge on any atom is -0.391 e. The molecule has 4 heteroatoms. The summed E-state index contributed by atoms with van der Waals surface area (Å²) >= 11 is 0. The molecule has 0 spiro atoms. The number of hydrogen-bond acceptors (Lipinski definition) is 3. The van der Waals surface area contributed by atoms with Crippen molar-refractivity contribution in [2.24, 2.45) is 0 Å². The van der Waals surface area contributed by atoms with Gasteiger partial charge >= 0.3 is 0 Å². The third-order valence-electron chi connectivity index (χ3n) is 3.09. The van der Waals surface area contributed by atoms with Crippen LogP contribution >= 0.6 is 0 Å². The van der Waals surface area contributed by atoms with Crippen molar-refractivity contribution < 1.29 is 9.90 Å². The predicted octanol–water partition coefficient (Wildman–Crippen LogP) is -0.321. The second-order valence-electron chi connectivity index (χ2n) is 4.47. The van der Waals surface area contributed by atoms with Crippen LogP contribution < -0.4 is 0 Å². The van der Waals surface area contributed by atoms with Crippen molar-refractivity contribution in [1.82, 2.24) is 9.80 Å². The highest BCUT2D eigenvalue weighted by Gasteiger charge is 2.26. The topological polar surface area (TPSA) is 43.8 Å². The van der Waals surface area contributed by atoms with Gasteiger partial charge in [0.05, 0.1) is 25.6 Å². The van der Waals surface area contributed by atoms with E-state index in [-0.39, 0.29) is 12.3 Å². The van der Waals surface area contributed by atoms with E-state index in [2.05, 4.69) is 16.7 Å². The Balaban J connectivity index is 1.70. The molecule has 16 heavy (non-hydrogen) atoms. The highest BCUT2D eigenvalue weighted by atomic mass is 16.3. The Morgan fingerprint density at radius 1 is 1.25 bits per heavy atom. The second kappa shape index (κ2) is 5.33. The summed E-state index contributed by atoms with van der Waals surface area (Å²) in [4.78, 5) is 15.3. The van der Waals surface area contributed by atoms with Crippen LogP contribution in [0.4, 0.5) is 0 Å². The molecule has 0 saturated carbocycles. The van der Waals surface area contributed by atoms with E-state index in [9.17, 15) is 9.90 Å². The smallest absolute Gasteiger partial charge is 0.226 e. The number of hydrogen-bond donors (Lipinski definition) is 1. The van der Waals surface area contributed by atoms with Crippen molar-refractivity contribution >= 4 is 5.91 Å². The van der Waals surface area contributed by atoms with E-state index in [0.717, 1.165) is 19.6 Å². The number of β-amino-alcohol motifs (C(OH)–C–C–N with tert-alkyl or cyclic N) is 1. The first kappa shape index (κ1) is 11.4. The molecular formula is C12H18N2O2. The number of carbonyl (C=O) groups is 1. The van der Waals surface area contributed by atoms with Gasteiger partial charge in [0.1, 0.15) is 0 Å². The Hall–Kier alpha value is -1.05. The van der Waals surface area contributed by atoms with Crippen LogP contribution in [-0.2, 0) is 4.79 Å². The van der Waals surface area contributed by atoms with Crippen LogP contribution in [0, 0.1) is 11.8 Å². The van der Waals surface area contributed by atoms with E-state index in [1.54, 1.807) is 4.90 Å². The Bertz CT molecular complexity index is 313. The molecule has 1 unspecified atom stereocenters. The lowest BCUT2D eigenvalue weighted by atomic mass is 10.3. The van der Waals surface area contributed by atoms with Gasteiger partial charge in [0.25, 0.3) is 0 Å². The number of nitrogens with zero attached hydrogens (tertiary/aromatic N) is 2. The third kappa shape index (κ3) is 2.97. The van der Waals surface area contributed by atoms with Crippen LogP contribution in [0.5, 0.6) is 0 Å². The quantitative estimate of drug-likeness (QED) is 0.651. The molecule has 0 aromatic rings. The summed E-state index contributed by atoms with van der Waals surface area (Å²) in [7, 11) is 0. The Kier molecular flexibility index (Phi) is 3.81. The van der Waals surface area contributed by atoms with Gasteiger partial charge < -0.3 is 10.0 Å². The first-order valence-electron chi connectivity index (χ1n) is 5.89. The Morgan fingerprint density at radius 3 is 2.56 bits per heavy atom. The molecule has 2 fully saturated rings. The molecular weight excluding hydrogens is 204 g/mol. The van der Waals surface area contributed by atoms with Gasteiger partial charge in [-0.1, -0.05) is 11.8 Å². The maximum absolute atomic E-state index is 11.3. The molecule has 2 aliphatic heterocycles. The van der Waals surface area contributed by atoms with Crippen LogP contribution in [0.15, 0.2) is 0 Å². The monoisotopic (exact) mass is 222 g/mol. The molecule has 0 aromatic carbocycles. The average molecular weight is 222 g/mol. The summed E-state index contributed by atoms with van der Waals surface area (Å²) in [6.07, 6.45) is 2.32. The Labute approximate surface area is 96.2 Å². The SMILES string of the molecule is O=C1CC(O)CN1CC#CCN1CCCC1. The van der Waals surface area contributed by atoms with Crippen molar-refractivity contribution in [2.75, 3.05) is 32.7 Å². The van der Waals surface area contributed by atoms with Gasteiger partial charge in [-0.3, -0.25) is 9.69 Å². The molecule has 1 atom stereocenters. The minimum absolute atomic E-state index is 0.0166. The fourth-order valence-electron chi connectivity index (χ4n) is 2.16. The normalized spacial score (nSPS) is 25.9. The molecule has 1 N–H and O–H groups in total. The summed E-state index contributed by atoms with van der Waals surface area (Å²) in [6, 6.07) is 0. The highest BCUT2D eigenvalue weighted by molar-refractivity contribution is 5.79. The number of aliphatic hydroxyl groups is 1. The van der Waals surface area contributed by atoms with Crippen LogP contribution in [-0.4, -0.2) is 59.6 Å². The van der Waals surface area contributed by atoms with Crippen molar-refractivity contribution in [3.05, 3.63) is 0 Å². The maximum Gasteiger partial charge on any atom is 0.226 e. The van der Waals surface area contributed by atoms with Gasteiger partial charge in [0, 0.05) is 6.54 Å². The second-order valence-corrected chi connectivity index (χ2v) is 4.47. The summed E-state index contributed by atoms with van der Waals surface area (Å²) in [5.41, 5.74) is 0. The maximum atomic E-state index is 11.3. The van der Waals surface area contributed by atoms with Gasteiger partial charge in [-0.05, 0) is 25.9 Å². The highest BCUT2D eigenvalue weighted by Crippen LogP contribution is 2.09. The Morgan fingerprint density at radius 2 is 1.94 bits per heavy atom. The molecule has 2 heterocycles. The molecule has 2 aliphatic rings. The van der Waals surface area contributed by atoms with Crippen molar-refractivity contribution in [2.45, 2.75) is 25.4 Å². The molecule has 1 amide bonds. The molecule has 88 valence electrons. The van der Waals surface area contributed by atoms with Crippen LogP contribution in [0.25, 0.3) is 0 Å². The van der Waals surface area contributed by atoms with Gasteiger partial charge in [0.2, 0.25) is 5.91 Å². The summed E-state index contributed by atoms with van der Waals surface area (Å²) in [6.45, 7) is 4.01. The fraction of sp³-hybridized carbons (Fsp3) is 0.750. The average Bonchev–Trinajstić information content (AvgIpc) is 2.84. The van der Waals surface area contributed by atoms with E-state index >= 15 is 0 Å². The number of aliphatic hydroxyl groups excluding tert-OH is 1. The van der Waals surface area contributed by atoms with Crippen molar-refractivity contribution in [1.29, 1.82) is 0 Å². The zero-order chi connectivity index (χ0) is 11.4. The number of likely N-dealkylation sites (tertiary alicyclic amines) is 2. The van der Waals surface area contributed by atoms with E-state index in [0.29, 0.717) is 13.1 Å². The molecule has 4 nitrogen and oxygen atoms in total. The number of rotatable bonds is 2. The fourth-order valence-corrected chi connectivity index (χ4v) is 2.16. The predicted molar refractivity (Wildman–Crippen MR) is 60.7 cm³/mol. The zero-order valence-corrected chi connectivity index (χ0v) is 9.48. The molecule has 0 aliphatic carbocycles.